The predicted molar refractivity (Wildman–Crippen MR) is 126 cm³/mol. The Bertz CT molecular complexity index is 968. The molecule has 1 rings (SSSR count). The highest BCUT2D eigenvalue weighted by molar-refractivity contribution is 5.94. The maximum absolute atomic E-state index is 12.6. The molecule has 0 saturated carbocycles. The van der Waals surface area contributed by atoms with Gasteiger partial charge in [-0.25, -0.2) is 4.79 Å². The first-order valence-corrected chi connectivity index (χ1v) is 11.0. The number of carboxylic acids is 1. The van der Waals surface area contributed by atoms with Crippen LogP contribution in [-0.2, 0) is 35.2 Å². The normalized spacial score (nSPS) is 13.9. The van der Waals surface area contributed by atoms with E-state index in [1.807, 2.05) is 0 Å². The number of carboxylic acid groups (broad SMARTS) is 1. The second-order valence-corrected chi connectivity index (χ2v) is 8.18. The molecule has 0 aliphatic rings. The summed E-state index contributed by atoms with van der Waals surface area (Å²) in [6.45, 7) is 1.34. The second-order valence-electron chi connectivity index (χ2n) is 8.18. The van der Waals surface area contributed by atoms with Gasteiger partial charge in [-0.05, 0) is 43.9 Å². The number of benzene rings is 1. The van der Waals surface area contributed by atoms with Crippen LogP contribution in [0.15, 0.2) is 24.3 Å². The highest BCUT2D eigenvalue weighted by Crippen LogP contribution is 2.11. The molecular formula is C22H32N6O8. The fraction of sp³-hybridized carbons (Fsp3) is 0.455. The molecular weight excluding hydrogens is 476 g/mol. The van der Waals surface area contributed by atoms with Gasteiger partial charge in [-0.1, -0.05) is 12.1 Å². The molecule has 1 aromatic carbocycles. The molecule has 0 fully saturated rings. The molecule has 5 amide bonds. The first-order valence-electron chi connectivity index (χ1n) is 11.0. The molecule has 0 aliphatic carbocycles. The van der Waals surface area contributed by atoms with Crippen molar-refractivity contribution in [3.8, 4) is 5.75 Å². The van der Waals surface area contributed by atoms with Crippen LogP contribution in [-0.4, -0.2) is 69.9 Å². The van der Waals surface area contributed by atoms with Gasteiger partial charge in [-0.3, -0.25) is 24.0 Å². The van der Waals surface area contributed by atoms with Crippen molar-refractivity contribution in [2.75, 3.05) is 0 Å². The lowest BCUT2D eigenvalue weighted by Gasteiger charge is -2.23. The lowest BCUT2D eigenvalue weighted by molar-refractivity contribution is -0.142. The van der Waals surface area contributed by atoms with Gasteiger partial charge in [0, 0.05) is 12.8 Å². The summed E-state index contributed by atoms with van der Waals surface area (Å²) >= 11 is 0. The summed E-state index contributed by atoms with van der Waals surface area (Å²) in [6, 6.07) is 1.09. The van der Waals surface area contributed by atoms with Crippen molar-refractivity contribution in [1.82, 2.24) is 16.0 Å². The highest BCUT2D eigenvalue weighted by atomic mass is 16.4. The number of amides is 5. The molecule has 14 heteroatoms. The smallest absolute Gasteiger partial charge is 0.326 e. The number of hydrogen-bond acceptors (Lipinski definition) is 8. The molecule has 14 nitrogen and oxygen atoms in total. The number of nitrogens with two attached hydrogens (primary N) is 3. The van der Waals surface area contributed by atoms with E-state index in [2.05, 4.69) is 16.0 Å². The van der Waals surface area contributed by atoms with Crippen LogP contribution >= 0.6 is 0 Å². The number of aliphatic carboxylic acids is 1. The quantitative estimate of drug-likeness (QED) is 0.123. The van der Waals surface area contributed by atoms with Crippen LogP contribution in [0.3, 0.4) is 0 Å². The van der Waals surface area contributed by atoms with E-state index < -0.39 is 59.7 Å². The Kier molecular flexibility index (Phi) is 11.8. The van der Waals surface area contributed by atoms with E-state index in [1.54, 1.807) is 12.1 Å². The van der Waals surface area contributed by atoms with Gasteiger partial charge in [0.05, 0.1) is 6.04 Å². The van der Waals surface area contributed by atoms with Gasteiger partial charge < -0.3 is 43.4 Å². The van der Waals surface area contributed by atoms with Crippen molar-refractivity contribution < 1.29 is 39.0 Å². The number of carbonyl (C=O) groups is 6. The van der Waals surface area contributed by atoms with E-state index >= 15 is 0 Å². The Balaban J connectivity index is 2.79. The van der Waals surface area contributed by atoms with Crippen LogP contribution in [0, 0.1) is 0 Å². The molecule has 11 N–H and O–H groups in total. The van der Waals surface area contributed by atoms with Gasteiger partial charge in [0.1, 0.15) is 23.9 Å². The molecule has 1 aromatic rings. The van der Waals surface area contributed by atoms with Gasteiger partial charge in [-0.2, -0.15) is 0 Å². The van der Waals surface area contributed by atoms with Gasteiger partial charge in [0.2, 0.25) is 29.5 Å². The van der Waals surface area contributed by atoms with E-state index in [0.29, 0.717) is 5.56 Å². The average molecular weight is 509 g/mol. The zero-order valence-electron chi connectivity index (χ0n) is 19.7. The summed E-state index contributed by atoms with van der Waals surface area (Å²) in [6.07, 6.45) is -0.987. The Morgan fingerprint density at radius 3 is 1.81 bits per heavy atom. The lowest BCUT2D eigenvalue weighted by atomic mass is 10.1. The van der Waals surface area contributed by atoms with Crippen LogP contribution in [0.25, 0.3) is 0 Å². The molecule has 36 heavy (non-hydrogen) atoms. The molecule has 4 atom stereocenters. The number of rotatable bonds is 15. The predicted octanol–water partition coefficient (Wildman–Crippen LogP) is -2.65. The van der Waals surface area contributed by atoms with Crippen molar-refractivity contribution in [2.45, 2.75) is 63.2 Å². The van der Waals surface area contributed by atoms with Crippen molar-refractivity contribution in [3.63, 3.8) is 0 Å². The van der Waals surface area contributed by atoms with Gasteiger partial charge >= 0.3 is 5.97 Å². The number of aromatic hydroxyl groups is 1. The van der Waals surface area contributed by atoms with Crippen LogP contribution in [0.5, 0.6) is 5.75 Å². The molecule has 0 saturated heterocycles. The number of carbonyl (C=O) groups excluding carboxylic acids is 5. The third kappa shape index (κ3) is 10.8. The minimum atomic E-state index is -1.46. The zero-order chi connectivity index (χ0) is 27.4. The fourth-order valence-corrected chi connectivity index (χ4v) is 3.03. The van der Waals surface area contributed by atoms with E-state index in [1.165, 1.54) is 19.1 Å². The van der Waals surface area contributed by atoms with Crippen LogP contribution < -0.4 is 33.2 Å². The standard InChI is InChI=1S/C22H32N6O8/c1-11(26-20(33)14(23)10-12-2-4-13(29)5-3-12)19(32)27-15(6-8-17(24)30)21(34)28-16(22(35)36)7-9-18(25)31/h2-5,11,14-16,29H,6-10,23H2,1H3,(H2,24,30)(H2,25,31)(H,26,33)(H,27,32)(H,28,34)(H,35,36). The summed E-state index contributed by atoms with van der Waals surface area (Å²) < 4.78 is 0. The lowest BCUT2D eigenvalue weighted by Crippen LogP contribution is -2.56. The number of phenols is 1. The molecule has 0 bridgehead atoms. The summed E-state index contributed by atoms with van der Waals surface area (Å²) in [7, 11) is 0. The highest BCUT2D eigenvalue weighted by Gasteiger charge is 2.29. The zero-order valence-corrected chi connectivity index (χ0v) is 19.7. The SMILES string of the molecule is CC(NC(=O)C(N)Cc1ccc(O)cc1)C(=O)NC(CCC(N)=O)C(=O)NC(CCC(N)=O)C(=O)O. The maximum atomic E-state index is 12.6. The number of phenolic OH excluding ortho intramolecular Hbond substituents is 1. The second kappa shape index (κ2) is 14.3. The molecule has 198 valence electrons. The third-order valence-electron chi connectivity index (χ3n) is 5.09. The van der Waals surface area contributed by atoms with Crippen molar-refractivity contribution in [1.29, 1.82) is 0 Å². The van der Waals surface area contributed by atoms with Crippen molar-refractivity contribution in [3.05, 3.63) is 29.8 Å². The largest absolute Gasteiger partial charge is 0.508 e. The van der Waals surface area contributed by atoms with Gasteiger partial charge in [0.15, 0.2) is 0 Å². The van der Waals surface area contributed by atoms with Gasteiger partial charge in [-0.15, -0.1) is 0 Å². The molecule has 0 spiro atoms. The van der Waals surface area contributed by atoms with Gasteiger partial charge in [0.25, 0.3) is 0 Å². The number of hydrogen-bond donors (Lipinski definition) is 8. The van der Waals surface area contributed by atoms with Crippen LogP contribution in [0.4, 0.5) is 0 Å². The Hall–Kier alpha value is -4.20. The Morgan fingerprint density at radius 1 is 0.806 bits per heavy atom. The van der Waals surface area contributed by atoms with E-state index in [4.69, 9.17) is 17.2 Å². The first-order chi connectivity index (χ1) is 16.8. The molecule has 0 aromatic heterocycles. The van der Waals surface area contributed by atoms with Crippen LogP contribution in [0.2, 0.25) is 0 Å². The molecule has 4 unspecified atom stereocenters. The summed E-state index contributed by atoms with van der Waals surface area (Å²) in [4.78, 5) is 71.2. The minimum Gasteiger partial charge on any atom is -0.508 e. The Morgan fingerprint density at radius 2 is 1.31 bits per heavy atom. The third-order valence-corrected chi connectivity index (χ3v) is 5.09. The molecule has 0 heterocycles. The fourth-order valence-electron chi connectivity index (χ4n) is 3.03. The van der Waals surface area contributed by atoms with Crippen molar-refractivity contribution >= 4 is 35.5 Å². The van der Waals surface area contributed by atoms with E-state index in [0.717, 1.165) is 0 Å². The average Bonchev–Trinajstić information content (AvgIpc) is 2.79. The Labute approximate surface area is 206 Å². The van der Waals surface area contributed by atoms with E-state index in [9.17, 15) is 39.0 Å². The number of nitrogens with one attached hydrogen (secondary N) is 3. The van der Waals surface area contributed by atoms with E-state index in [-0.39, 0.29) is 37.9 Å². The first kappa shape index (κ1) is 29.8. The topological polar surface area (TPSA) is 257 Å². The van der Waals surface area contributed by atoms with Crippen LogP contribution in [0.1, 0.15) is 38.2 Å². The molecule has 0 aliphatic heterocycles. The summed E-state index contributed by atoms with van der Waals surface area (Å²) in [5.41, 5.74) is 16.7. The number of primary amides is 2. The minimum absolute atomic E-state index is 0.0551. The maximum Gasteiger partial charge on any atom is 0.326 e. The molecule has 0 radical (unpaired) electrons. The summed E-state index contributed by atoms with van der Waals surface area (Å²) in [5.74, 6) is -5.26. The summed E-state index contributed by atoms with van der Waals surface area (Å²) in [5, 5.41) is 25.6. The van der Waals surface area contributed by atoms with Crippen molar-refractivity contribution in [2.24, 2.45) is 17.2 Å². The monoisotopic (exact) mass is 508 g/mol.